The van der Waals surface area contributed by atoms with Crippen molar-refractivity contribution in [3.8, 4) is 0 Å². The molecule has 0 unspecified atom stereocenters. The molecule has 3 rings (SSSR count). The Bertz CT molecular complexity index is 974. The van der Waals surface area contributed by atoms with Crippen LogP contribution in [0, 0.1) is 12.3 Å². The third kappa shape index (κ3) is 5.87. The molecule has 0 aromatic heterocycles. The number of ether oxygens (including phenoxy) is 1. The van der Waals surface area contributed by atoms with Crippen LogP contribution in [0.3, 0.4) is 0 Å². The number of halogens is 1. The van der Waals surface area contributed by atoms with E-state index in [0.717, 1.165) is 18.4 Å². The Labute approximate surface area is 190 Å². The molecule has 0 heterocycles. The van der Waals surface area contributed by atoms with Crippen LogP contribution in [0.2, 0.25) is 5.02 Å². The third-order valence-electron chi connectivity index (χ3n) is 5.82. The molecule has 5 nitrogen and oxygen atoms in total. The van der Waals surface area contributed by atoms with E-state index in [0.29, 0.717) is 22.9 Å². The van der Waals surface area contributed by atoms with Crippen LogP contribution in [0.1, 0.15) is 54.9 Å². The van der Waals surface area contributed by atoms with Crippen LogP contribution in [0.4, 0.5) is 0 Å². The molecule has 0 saturated heterocycles. The Balaban J connectivity index is 0.00000363. The molecule has 0 amide bonds. The molecule has 32 heavy (non-hydrogen) atoms. The van der Waals surface area contributed by atoms with Crippen LogP contribution >= 0.6 is 11.6 Å². The van der Waals surface area contributed by atoms with Gasteiger partial charge in [0.2, 0.25) is 10.0 Å². The largest absolute Gasteiger partial charge is 0.465 e. The van der Waals surface area contributed by atoms with E-state index in [1.165, 1.54) is 20.0 Å². The van der Waals surface area contributed by atoms with Gasteiger partial charge in [-0.15, -0.1) is 0 Å². The molecule has 183 valence electrons. The summed E-state index contributed by atoms with van der Waals surface area (Å²) in [6.45, 7) is 2.23. The minimum Gasteiger partial charge on any atom is -0.465 e. The van der Waals surface area contributed by atoms with Gasteiger partial charge in [-0.05, 0) is 42.0 Å². The molecule has 1 aliphatic carbocycles. The molecule has 1 radical (unpaired) electrons. The van der Waals surface area contributed by atoms with E-state index in [1.54, 1.807) is 52.8 Å². The van der Waals surface area contributed by atoms with Crippen molar-refractivity contribution in [2.45, 2.75) is 56.5 Å². The van der Waals surface area contributed by atoms with E-state index in [-0.39, 0.29) is 17.5 Å². The standard InChI is InChI=1S/C24H29ClNO4S.Lr/c1-3-22(16-18-6-4-5-7-18)26(31(28,29)23-14-12-21(25)13-15-23)17-19-8-10-20(11-9-19)24(27)30-2;/h8-16,18,22H,3-7,17H2,1-2H3;/q-1;/t22-;/m1./s1. The zero-order valence-corrected chi connectivity index (χ0v) is 21.9. The first-order valence-electron chi connectivity index (χ1n) is 10.6. The third-order valence-corrected chi connectivity index (χ3v) is 7.95. The SMILES string of the molecule is CC[C@H]([CH-]C1CCCC1)N(Cc1ccc(C(=O)OC)cc1)S(=O)(=O)c1ccc(Cl)cc1.[Lr]. The minimum atomic E-state index is -3.75. The molecule has 0 N–H and O–H groups in total. The summed E-state index contributed by atoms with van der Waals surface area (Å²) in [4.78, 5) is 11.9. The maximum atomic E-state index is 13.6. The summed E-state index contributed by atoms with van der Waals surface area (Å²) in [5.41, 5.74) is 1.24. The maximum absolute atomic E-state index is 13.6. The fourth-order valence-electron chi connectivity index (χ4n) is 4.07. The fourth-order valence-corrected chi connectivity index (χ4v) is 5.84. The van der Waals surface area contributed by atoms with Crippen molar-refractivity contribution < 1.29 is 17.9 Å². The molecule has 0 spiro atoms. The monoisotopic (exact) mass is 724 g/mol. The van der Waals surface area contributed by atoms with Crippen molar-refractivity contribution in [2.24, 2.45) is 5.92 Å². The normalized spacial score (nSPS) is 15.4. The van der Waals surface area contributed by atoms with E-state index in [4.69, 9.17) is 16.3 Å². The topological polar surface area (TPSA) is 63.7 Å². The molecular weight excluding hydrogens is 696 g/mol. The van der Waals surface area contributed by atoms with Crippen molar-refractivity contribution >= 4 is 27.6 Å². The second-order valence-corrected chi connectivity index (χ2v) is 10.2. The van der Waals surface area contributed by atoms with Gasteiger partial charge in [-0.2, -0.15) is 5.92 Å². The molecule has 1 aliphatic rings. The van der Waals surface area contributed by atoms with Gasteiger partial charge in [0.25, 0.3) is 0 Å². The zero-order valence-electron chi connectivity index (χ0n) is 18.2. The van der Waals surface area contributed by atoms with Crippen LogP contribution in [-0.2, 0) is 21.3 Å². The second-order valence-electron chi connectivity index (χ2n) is 7.91. The molecule has 2 aromatic carbocycles. The number of carbonyl (C=O) groups is 1. The number of rotatable bonds is 9. The van der Waals surface area contributed by atoms with Crippen LogP contribution in [0.25, 0.3) is 0 Å². The summed E-state index contributed by atoms with van der Waals surface area (Å²) in [6, 6.07) is 13.0. The molecular formula is C24H29ClLrNO4S-. The molecule has 1 saturated carbocycles. The first kappa shape index (κ1) is 25.4. The van der Waals surface area contributed by atoms with E-state index in [9.17, 15) is 13.2 Å². The van der Waals surface area contributed by atoms with E-state index in [2.05, 4.69) is 6.42 Å². The van der Waals surface area contributed by atoms with Crippen molar-refractivity contribution in [1.29, 1.82) is 0 Å². The van der Waals surface area contributed by atoms with Gasteiger partial charge in [0, 0.05) is 11.6 Å². The van der Waals surface area contributed by atoms with Crippen LogP contribution in [-0.4, -0.2) is 31.8 Å². The number of esters is 1. The van der Waals surface area contributed by atoms with Gasteiger partial charge in [-0.25, -0.2) is 17.5 Å². The van der Waals surface area contributed by atoms with Gasteiger partial charge in [-0.1, -0.05) is 68.8 Å². The molecule has 1 fully saturated rings. The fraction of sp³-hybridized carbons (Fsp3) is 0.417. The summed E-state index contributed by atoms with van der Waals surface area (Å²) >= 11 is 5.97. The quantitative estimate of drug-likeness (QED) is 0.254. The van der Waals surface area contributed by atoms with Crippen LogP contribution in [0.5, 0.6) is 0 Å². The van der Waals surface area contributed by atoms with Crippen molar-refractivity contribution in [2.75, 3.05) is 7.11 Å². The molecule has 0 bridgehead atoms. The molecule has 1 atom stereocenters. The van der Waals surface area contributed by atoms with Gasteiger partial charge >= 0.3 is 5.97 Å². The summed E-state index contributed by atoms with van der Waals surface area (Å²) in [5.74, 6) is 0.0211. The maximum Gasteiger partial charge on any atom is 0.337 e. The number of hydrogen-bond donors (Lipinski definition) is 0. The number of sulfonamides is 1. The van der Waals surface area contributed by atoms with E-state index >= 15 is 0 Å². The Kier molecular flexibility index (Phi) is 8.81. The van der Waals surface area contributed by atoms with Gasteiger partial charge in [0.1, 0.15) is 0 Å². The predicted octanol–water partition coefficient (Wildman–Crippen LogP) is 5.49. The first-order valence-corrected chi connectivity index (χ1v) is 12.5. The average molecular weight is 725 g/mol. The number of hydrogen-bond acceptors (Lipinski definition) is 4. The Morgan fingerprint density at radius 2 is 1.72 bits per heavy atom. The first-order chi connectivity index (χ1) is 14.8. The summed E-state index contributed by atoms with van der Waals surface area (Å²) in [7, 11) is -2.41. The number of nitrogens with zero attached hydrogens (tertiary/aromatic N) is 1. The Morgan fingerprint density at radius 3 is 2.25 bits per heavy atom. The summed E-state index contributed by atoms with van der Waals surface area (Å²) in [6.07, 6.45) is 7.50. The minimum absolute atomic E-state index is 0. The van der Waals surface area contributed by atoms with E-state index in [1.807, 2.05) is 6.92 Å². The summed E-state index contributed by atoms with van der Waals surface area (Å²) < 4.78 is 33.6. The molecule has 0 aliphatic heterocycles. The van der Waals surface area contributed by atoms with E-state index < -0.39 is 16.0 Å². The van der Waals surface area contributed by atoms with Gasteiger partial charge in [0.15, 0.2) is 0 Å². The molecule has 2 aromatic rings. The van der Waals surface area contributed by atoms with Crippen LogP contribution < -0.4 is 0 Å². The van der Waals surface area contributed by atoms with Gasteiger partial charge < -0.3 is 11.2 Å². The molecule has 8 heteroatoms. The predicted molar refractivity (Wildman–Crippen MR) is 122 cm³/mol. The average Bonchev–Trinajstić information content (AvgIpc) is 3.29. The number of carbonyl (C=O) groups excluding carboxylic acids is 1. The Morgan fingerprint density at radius 1 is 1.12 bits per heavy atom. The van der Waals surface area contributed by atoms with Crippen molar-refractivity contribution in [3.05, 3.63) is 71.1 Å². The second kappa shape index (κ2) is 11.1. The number of benzene rings is 2. The van der Waals surface area contributed by atoms with Gasteiger partial charge in [-0.3, -0.25) is 0 Å². The zero-order chi connectivity index (χ0) is 22.4. The smallest absolute Gasteiger partial charge is 0.337 e. The number of methoxy groups -OCH3 is 1. The van der Waals surface area contributed by atoms with Crippen molar-refractivity contribution in [1.82, 2.24) is 4.31 Å². The van der Waals surface area contributed by atoms with Crippen molar-refractivity contribution in [3.63, 3.8) is 0 Å². The van der Waals surface area contributed by atoms with Crippen LogP contribution in [0.15, 0.2) is 53.4 Å². The van der Waals surface area contributed by atoms with Gasteiger partial charge in [0.05, 0.1) is 17.6 Å². The Hall–Kier alpha value is -2.89. The summed E-state index contributed by atoms with van der Waals surface area (Å²) in [5, 5.41) is 0.494.